The van der Waals surface area contributed by atoms with Crippen LogP contribution in [0.1, 0.15) is 42.1 Å². The molecule has 1 heterocycles. The zero-order valence-corrected chi connectivity index (χ0v) is 16.0. The summed E-state index contributed by atoms with van der Waals surface area (Å²) in [5.41, 5.74) is 6.14. The van der Waals surface area contributed by atoms with Gasteiger partial charge in [-0.15, -0.1) is 0 Å². The zero-order valence-electron chi connectivity index (χ0n) is 16.0. The molecule has 0 radical (unpaired) electrons. The number of rotatable bonds is 6. The number of hydrogen-bond acceptors (Lipinski definition) is 5. The third-order valence-corrected chi connectivity index (χ3v) is 4.54. The number of carbonyl (C=O) groups excluding carboxylic acids is 2. The normalized spacial score (nSPS) is 13.4. The van der Waals surface area contributed by atoms with E-state index in [9.17, 15) is 9.59 Å². The van der Waals surface area contributed by atoms with Crippen LogP contribution in [0.2, 0.25) is 0 Å². The number of hydrazine groups is 1. The SMILES string of the molecule is CCC(C)c1ccccc1OCC(=O)NNC(=O)c1ccc2c(c1)OCCO2. The predicted octanol–water partition coefficient (Wildman–Crippen LogP) is 2.81. The van der Waals surface area contributed by atoms with E-state index in [0.29, 0.717) is 41.9 Å². The number of para-hydroxylation sites is 1. The fourth-order valence-corrected chi connectivity index (χ4v) is 2.80. The number of hydrogen-bond donors (Lipinski definition) is 2. The van der Waals surface area contributed by atoms with E-state index in [4.69, 9.17) is 14.2 Å². The van der Waals surface area contributed by atoms with Crippen molar-refractivity contribution in [3.63, 3.8) is 0 Å². The summed E-state index contributed by atoms with van der Waals surface area (Å²) in [7, 11) is 0. The first kappa shape index (κ1) is 19.5. The van der Waals surface area contributed by atoms with Gasteiger partial charge in [0.15, 0.2) is 18.1 Å². The second kappa shape index (κ2) is 9.12. The monoisotopic (exact) mass is 384 g/mol. The average molecular weight is 384 g/mol. The van der Waals surface area contributed by atoms with Crippen LogP contribution in [0, 0.1) is 0 Å². The first-order valence-corrected chi connectivity index (χ1v) is 9.29. The Morgan fingerprint density at radius 3 is 2.61 bits per heavy atom. The van der Waals surface area contributed by atoms with Crippen LogP contribution in [0.3, 0.4) is 0 Å². The minimum absolute atomic E-state index is 0.200. The molecule has 0 bridgehead atoms. The molecule has 0 aliphatic carbocycles. The number of ether oxygens (including phenoxy) is 3. The van der Waals surface area contributed by atoms with E-state index in [2.05, 4.69) is 24.7 Å². The van der Waals surface area contributed by atoms with E-state index in [1.54, 1.807) is 18.2 Å². The van der Waals surface area contributed by atoms with Crippen molar-refractivity contribution in [2.24, 2.45) is 0 Å². The lowest BCUT2D eigenvalue weighted by Crippen LogP contribution is -2.43. The topological polar surface area (TPSA) is 85.9 Å². The van der Waals surface area contributed by atoms with Gasteiger partial charge in [-0.1, -0.05) is 32.0 Å². The first-order chi connectivity index (χ1) is 13.6. The highest BCUT2D eigenvalue weighted by atomic mass is 16.6. The van der Waals surface area contributed by atoms with E-state index < -0.39 is 11.8 Å². The summed E-state index contributed by atoms with van der Waals surface area (Å²) >= 11 is 0. The molecule has 1 aliphatic rings. The Morgan fingerprint density at radius 2 is 1.82 bits per heavy atom. The summed E-state index contributed by atoms with van der Waals surface area (Å²) in [6.07, 6.45) is 0.970. The molecule has 1 unspecified atom stereocenters. The molecular weight excluding hydrogens is 360 g/mol. The fourth-order valence-electron chi connectivity index (χ4n) is 2.80. The van der Waals surface area contributed by atoms with Gasteiger partial charge in [-0.2, -0.15) is 0 Å². The Kier molecular flexibility index (Phi) is 6.37. The second-order valence-corrected chi connectivity index (χ2v) is 6.50. The Bertz CT molecular complexity index is 852. The maximum absolute atomic E-state index is 12.2. The molecule has 3 rings (SSSR count). The van der Waals surface area contributed by atoms with Gasteiger partial charge in [-0.25, -0.2) is 0 Å². The van der Waals surface area contributed by atoms with Gasteiger partial charge in [0.05, 0.1) is 0 Å². The number of benzene rings is 2. The van der Waals surface area contributed by atoms with Crippen LogP contribution in [-0.2, 0) is 4.79 Å². The third kappa shape index (κ3) is 4.73. The lowest BCUT2D eigenvalue weighted by Gasteiger charge is -2.18. The Hall–Kier alpha value is -3.22. The molecule has 1 aliphatic heterocycles. The lowest BCUT2D eigenvalue weighted by molar-refractivity contribution is -0.123. The van der Waals surface area contributed by atoms with Crippen LogP contribution in [0.25, 0.3) is 0 Å². The Morgan fingerprint density at radius 1 is 1.07 bits per heavy atom. The standard InChI is InChI=1S/C21H24N2O5/c1-3-14(2)16-6-4-5-7-17(16)28-13-20(24)22-23-21(25)15-8-9-18-19(12-15)27-11-10-26-18/h4-9,12,14H,3,10-11,13H2,1-2H3,(H,22,24)(H,23,25). The average Bonchev–Trinajstić information content (AvgIpc) is 2.75. The van der Waals surface area contributed by atoms with Gasteiger partial charge in [-0.05, 0) is 42.2 Å². The minimum Gasteiger partial charge on any atom is -0.486 e. The van der Waals surface area contributed by atoms with E-state index in [0.717, 1.165) is 12.0 Å². The van der Waals surface area contributed by atoms with Crippen molar-refractivity contribution in [3.05, 3.63) is 53.6 Å². The van der Waals surface area contributed by atoms with Crippen molar-refractivity contribution in [1.82, 2.24) is 10.9 Å². The molecule has 0 saturated carbocycles. The van der Waals surface area contributed by atoms with Gasteiger partial charge < -0.3 is 14.2 Å². The summed E-state index contributed by atoms with van der Waals surface area (Å²) in [4.78, 5) is 24.3. The predicted molar refractivity (Wildman–Crippen MR) is 104 cm³/mol. The Labute approximate surface area is 164 Å². The molecule has 1 atom stereocenters. The molecule has 2 amide bonds. The highest BCUT2D eigenvalue weighted by Gasteiger charge is 2.16. The molecule has 28 heavy (non-hydrogen) atoms. The minimum atomic E-state index is -0.454. The van der Waals surface area contributed by atoms with Crippen molar-refractivity contribution in [2.75, 3.05) is 19.8 Å². The number of fused-ring (bicyclic) bond motifs is 1. The Balaban J connectivity index is 1.51. The molecule has 0 fully saturated rings. The summed E-state index contributed by atoms with van der Waals surface area (Å²) in [5.74, 6) is 1.20. The van der Waals surface area contributed by atoms with Gasteiger partial charge in [0.1, 0.15) is 19.0 Å². The van der Waals surface area contributed by atoms with E-state index >= 15 is 0 Å². The highest BCUT2D eigenvalue weighted by Crippen LogP contribution is 2.30. The maximum Gasteiger partial charge on any atom is 0.276 e. The molecule has 0 spiro atoms. The number of nitrogens with one attached hydrogen (secondary N) is 2. The second-order valence-electron chi connectivity index (χ2n) is 6.50. The molecule has 2 aromatic carbocycles. The molecule has 2 N–H and O–H groups in total. The third-order valence-electron chi connectivity index (χ3n) is 4.54. The van der Waals surface area contributed by atoms with Crippen molar-refractivity contribution in [1.29, 1.82) is 0 Å². The summed E-state index contributed by atoms with van der Waals surface area (Å²) < 4.78 is 16.5. The molecule has 7 heteroatoms. The largest absolute Gasteiger partial charge is 0.486 e. The van der Waals surface area contributed by atoms with Crippen LogP contribution in [0.15, 0.2) is 42.5 Å². The number of carbonyl (C=O) groups is 2. The van der Waals surface area contributed by atoms with Gasteiger partial charge in [0.2, 0.25) is 0 Å². The van der Waals surface area contributed by atoms with Crippen molar-refractivity contribution in [2.45, 2.75) is 26.2 Å². The molecule has 148 valence electrons. The van der Waals surface area contributed by atoms with Gasteiger partial charge in [0, 0.05) is 5.56 Å². The number of amides is 2. The van der Waals surface area contributed by atoms with E-state index in [1.165, 1.54) is 0 Å². The molecule has 2 aromatic rings. The zero-order chi connectivity index (χ0) is 19.9. The van der Waals surface area contributed by atoms with Crippen molar-refractivity contribution < 1.29 is 23.8 Å². The quantitative estimate of drug-likeness (QED) is 0.748. The fraction of sp³-hybridized carbons (Fsp3) is 0.333. The van der Waals surface area contributed by atoms with Crippen molar-refractivity contribution in [3.8, 4) is 17.2 Å². The van der Waals surface area contributed by atoms with Crippen LogP contribution in [0.4, 0.5) is 0 Å². The molecule has 0 saturated heterocycles. The lowest BCUT2D eigenvalue weighted by atomic mass is 9.98. The van der Waals surface area contributed by atoms with Gasteiger partial charge in [0.25, 0.3) is 11.8 Å². The summed E-state index contributed by atoms with van der Waals surface area (Å²) in [6, 6.07) is 12.5. The highest BCUT2D eigenvalue weighted by molar-refractivity contribution is 5.96. The van der Waals surface area contributed by atoms with Crippen molar-refractivity contribution >= 4 is 11.8 Å². The molecular formula is C21H24N2O5. The summed E-state index contributed by atoms with van der Waals surface area (Å²) in [6.45, 7) is 4.92. The summed E-state index contributed by atoms with van der Waals surface area (Å²) in [5, 5.41) is 0. The smallest absolute Gasteiger partial charge is 0.276 e. The van der Waals surface area contributed by atoms with Crippen LogP contribution < -0.4 is 25.1 Å². The van der Waals surface area contributed by atoms with E-state index in [-0.39, 0.29) is 6.61 Å². The maximum atomic E-state index is 12.2. The first-order valence-electron chi connectivity index (χ1n) is 9.29. The van der Waals surface area contributed by atoms with Crippen LogP contribution >= 0.6 is 0 Å². The van der Waals surface area contributed by atoms with Crippen LogP contribution in [-0.4, -0.2) is 31.6 Å². The van der Waals surface area contributed by atoms with Gasteiger partial charge >= 0.3 is 0 Å². The van der Waals surface area contributed by atoms with E-state index in [1.807, 2.05) is 24.3 Å². The molecule has 0 aromatic heterocycles. The molecule has 7 nitrogen and oxygen atoms in total. The van der Waals surface area contributed by atoms with Gasteiger partial charge in [-0.3, -0.25) is 20.4 Å². The van der Waals surface area contributed by atoms with Crippen LogP contribution in [0.5, 0.6) is 17.2 Å².